The van der Waals surface area contributed by atoms with Crippen LogP contribution in [0.4, 0.5) is 5.82 Å². The molecule has 0 amide bonds. The molecule has 1 aromatic carbocycles. The highest BCUT2D eigenvalue weighted by molar-refractivity contribution is 5.87. The van der Waals surface area contributed by atoms with Crippen molar-refractivity contribution in [2.75, 3.05) is 4.90 Å². The molecule has 0 saturated heterocycles. The molecule has 0 spiro atoms. The van der Waals surface area contributed by atoms with Gasteiger partial charge in [0, 0.05) is 26.4 Å². The van der Waals surface area contributed by atoms with Crippen LogP contribution in [0.25, 0.3) is 11.0 Å². The molecule has 136 valence electrons. The molecule has 4 heterocycles. The quantitative estimate of drug-likeness (QED) is 0.554. The Morgan fingerprint density at radius 3 is 2.81 bits per heavy atom. The number of hydrogen-bond donors (Lipinski definition) is 0. The molecule has 0 bridgehead atoms. The van der Waals surface area contributed by atoms with Gasteiger partial charge in [0.2, 0.25) is 11.8 Å². The largest absolute Gasteiger partial charge is 0.423 e. The van der Waals surface area contributed by atoms with Gasteiger partial charge >= 0.3 is 0 Å². The Morgan fingerprint density at radius 1 is 1.15 bits per heavy atom. The maximum atomic E-state index is 5.93. The predicted octanol–water partition coefficient (Wildman–Crippen LogP) is 2.61. The lowest BCUT2D eigenvalue weighted by atomic mass is 9.93. The number of benzene rings is 1. The molecule has 8 heteroatoms. The number of rotatable bonds is 3. The number of nitrogens with zero attached hydrogens (tertiary/aromatic N) is 7. The molecule has 8 nitrogen and oxygen atoms in total. The first-order chi connectivity index (χ1) is 13.2. The molecule has 1 aliphatic heterocycles. The van der Waals surface area contributed by atoms with Crippen LogP contribution in [0.5, 0.6) is 0 Å². The predicted molar refractivity (Wildman–Crippen MR) is 99.1 cm³/mol. The van der Waals surface area contributed by atoms with Crippen LogP contribution in [-0.4, -0.2) is 29.9 Å². The van der Waals surface area contributed by atoms with Crippen molar-refractivity contribution < 1.29 is 4.42 Å². The molecule has 4 aromatic rings. The standard InChI is InChI=1S/C19H19N7O/c1-3-16-23-24-19(27-16)15-8-12-6-4-5-7-13(12)10-26(15)18-14-9-22-25(2)17(14)20-11-21-18/h4-7,9,11,15H,3,8,10H2,1-2H3/t15-/m1/s1. The van der Waals surface area contributed by atoms with Gasteiger partial charge < -0.3 is 9.32 Å². The molecule has 0 fully saturated rings. The second kappa shape index (κ2) is 6.15. The summed E-state index contributed by atoms with van der Waals surface area (Å²) in [4.78, 5) is 11.2. The van der Waals surface area contributed by atoms with Crippen LogP contribution in [0.3, 0.4) is 0 Å². The van der Waals surface area contributed by atoms with Gasteiger partial charge in [-0.1, -0.05) is 31.2 Å². The molecule has 0 N–H and O–H groups in total. The van der Waals surface area contributed by atoms with Crippen molar-refractivity contribution in [1.82, 2.24) is 29.9 Å². The Balaban J connectivity index is 1.66. The minimum atomic E-state index is -0.0778. The third kappa shape index (κ3) is 2.56. The lowest BCUT2D eigenvalue weighted by Gasteiger charge is -2.36. The summed E-state index contributed by atoms with van der Waals surface area (Å²) in [6.07, 6.45) is 4.90. The van der Waals surface area contributed by atoms with Crippen LogP contribution in [0.1, 0.15) is 35.9 Å². The molecule has 0 unspecified atom stereocenters. The van der Waals surface area contributed by atoms with Gasteiger partial charge in [-0.25, -0.2) is 9.97 Å². The zero-order chi connectivity index (χ0) is 18.4. The van der Waals surface area contributed by atoms with Gasteiger partial charge in [-0.05, 0) is 11.1 Å². The lowest BCUT2D eigenvalue weighted by Crippen LogP contribution is -2.35. The Labute approximate surface area is 155 Å². The molecule has 27 heavy (non-hydrogen) atoms. The van der Waals surface area contributed by atoms with Crippen molar-refractivity contribution in [3.05, 3.63) is 59.7 Å². The van der Waals surface area contributed by atoms with Gasteiger partial charge in [0.15, 0.2) is 5.65 Å². The van der Waals surface area contributed by atoms with Crippen LogP contribution in [0, 0.1) is 0 Å². The highest BCUT2D eigenvalue weighted by atomic mass is 16.4. The van der Waals surface area contributed by atoms with E-state index in [4.69, 9.17) is 4.42 Å². The average molecular weight is 361 g/mol. The van der Waals surface area contributed by atoms with E-state index in [0.717, 1.165) is 29.7 Å². The summed E-state index contributed by atoms with van der Waals surface area (Å²) in [6.45, 7) is 2.72. The van der Waals surface area contributed by atoms with E-state index in [1.165, 1.54) is 11.1 Å². The van der Waals surface area contributed by atoms with Gasteiger partial charge in [-0.15, -0.1) is 10.2 Å². The maximum absolute atomic E-state index is 5.93. The minimum Gasteiger partial charge on any atom is -0.423 e. The van der Waals surface area contributed by atoms with Crippen molar-refractivity contribution in [3.63, 3.8) is 0 Å². The van der Waals surface area contributed by atoms with Gasteiger partial charge in [0.1, 0.15) is 18.2 Å². The summed E-state index contributed by atoms with van der Waals surface area (Å²) < 4.78 is 7.69. The van der Waals surface area contributed by atoms with Crippen LogP contribution >= 0.6 is 0 Å². The monoisotopic (exact) mass is 361 g/mol. The number of aryl methyl sites for hydroxylation is 2. The normalized spacial score (nSPS) is 16.7. The Kier molecular flexibility index (Phi) is 3.63. The van der Waals surface area contributed by atoms with Crippen molar-refractivity contribution >= 4 is 16.9 Å². The zero-order valence-electron chi connectivity index (χ0n) is 15.2. The second-order valence-electron chi connectivity index (χ2n) is 6.71. The van der Waals surface area contributed by atoms with Crippen molar-refractivity contribution in [3.8, 4) is 0 Å². The fraction of sp³-hybridized carbons (Fsp3) is 0.316. The first kappa shape index (κ1) is 15.9. The molecule has 1 aliphatic rings. The van der Waals surface area contributed by atoms with Crippen molar-refractivity contribution in [2.24, 2.45) is 7.05 Å². The van der Waals surface area contributed by atoms with Crippen molar-refractivity contribution in [2.45, 2.75) is 32.4 Å². The van der Waals surface area contributed by atoms with Crippen molar-refractivity contribution in [1.29, 1.82) is 0 Å². The first-order valence-corrected chi connectivity index (χ1v) is 9.03. The van der Waals surface area contributed by atoms with Crippen LogP contribution < -0.4 is 4.90 Å². The lowest BCUT2D eigenvalue weighted by molar-refractivity contribution is 0.396. The Morgan fingerprint density at radius 2 is 2.00 bits per heavy atom. The zero-order valence-corrected chi connectivity index (χ0v) is 15.2. The summed E-state index contributed by atoms with van der Waals surface area (Å²) in [5.41, 5.74) is 3.38. The van der Waals surface area contributed by atoms with E-state index in [2.05, 4.69) is 54.4 Å². The van der Waals surface area contributed by atoms with Gasteiger partial charge in [-0.3, -0.25) is 4.68 Å². The third-order valence-corrected chi connectivity index (χ3v) is 5.10. The average Bonchev–Trinajstić information content (AvgIpc) is 3.34. The summed E-state index contributed by atoms with van der Waals surface area (Å²) in [5.74, 6) is 2.11. The number of fused-ring (bicyclic) bond motifs is 2. The molecule has 5 rings (SSSR count). The van der Waals surface area contributed by atoms with E-state index in [1.54, 1.807) is 11.0 Å². The summed E-state index contributed by atoms with van der Waals surface area (Å²) in [6, 6.07) is 8.38. The molecule has 1 atom stereocenters. The van der Waals surface area contributed by atoms with Crippen LogP contribution in [-0.2, 0) is 26.4 Å². The summed E-state index contributed by atoms with van der Waals surface area (Å²) >= 11 is 0. The van der Waals surface area contributed by atoms with E-state index >= 15 is 0 Å². The summed E-state index contributed by atoms with van der Waals surface area (Å²) in [7, 11) is 1.88. The fourth-order valence-corrected chi connectivity index (χ4v) is 3.69. The molecule has 0 saturated carbocycles. The summed E-state index contributed by atoms with van der Waals surface area (Å²) in [5, 5.41) is 13.8. The van der Waals surface area contributed by atoms with E-state index in [0.29, 0.717) is 18.3 Å². The smallest absolute Gasteiger partial charge is 0.239 e. The third-order valence-electron chi connectivity index (χ3n) is 5.10. The Bertz CT molecular complexity index is 1120. The molecule has 0 radical (unpaired) electrons. The molecule has 3 aromatic heterocycles. The van der Waals surface area contributed by atoms with E-state index in [-0.39, 0.29) is 6.04 Å². The van der Waals surface area contributed by atoms with E-state index in [1.807, 2.05) is 20.2 Å². The fourth-order valence-electron chi connectivity index (χ4n) is 3.69. The molecular weight excluding hydrogens is 342 g/mol. The molecular formula is C19H19N7O. The highest BCUT2D eigenvalue weighted by Crippen LogP contribution is 2.37. The number of anilines is 1. The van der Waals surface area contributed by atoms with Crippen LogP contribution in [0.15, 0.2) is 41.2 Å². The SMILES string of the molecule is CCc1nnc([C@H]2Cc3ccccc3CN2c2ncnc3c2cnn3C)o1. The van der Waals surface area contributed by atoms with E-state index in [9.17, 15) is 0 Å². The first-order valence-electron chi connectivity index (χ1n) is 9.03. The van der Waals surface area contributed by atoms with E-state index < -0.39 is 0 Å². The molecule has 0 aliphatic carbocycles. The number of hydrogen-bond acceptors (Lipinski definition) is 7. The maximum Gasteiger partial charge on any atom is 0.239 e. The number of aromatic nitrogens is 6. The van der Waals surface area contributed by atoms with Gasteiger partial charge in [0.25, 0.3) is 0 Å². The van der Waals surface area contributed by atoms with Crippen LogP contribution in [0.2, 0.25) is 0 Å². The van der Waals surface area contributed by atoms with Gasteiger partial charge in [-0.2, -0.15) is 5.10 Å². The highest BCUT2D eigenvalue weighted by Gasteiger charge is 2.33. The van der Waals surface area contributed by atoms with Gasteiger partial charge in [0.05, 0.1) is 11.6 Å². The second-order valence-corrected chi connectivity index (χ2v) is 6.71. The Hall–Kier alpha value is -3.29. The minimum absolute atomic E-state index is 0.0778. The topological polar surface area (TPSA) is 85.8 Å².